The summed E-state index contributed by atoms with van der Waals surface area (Å²) in [6, 6.07) is 1.70. The van der Waals surface area contributed by atoms with Gasteiger partial charge in [-0.05, 0) is 11.6 Å². The van der Waals surface area contributed by atoms with Crippen LogP contribution in [0.15, 0.2) is 17.2 Å². The number of benzene rings is 1. The number of nitro groups is 1. The lowest BCUT2D eigenvalue weighted by Gasteiger charge is -1.99. The van der Waals surface area contributed by atoms with Crippen LogP contribution in [0.5, 0.6) is 5.75 Å². The highest BCUT2D eigenvalue weighted by molar-refractivity contribution is 5.85. The highest BCUT2D eigenvalue weighted by Crippen LogP contribution is 2.32. The predicted molar refractivity (Wildman–Crippen MR) is 49.0 cm³/mol. The van der Waals surface area contributed by atoms with Crippen LogP contribution in [0.3, 0.4) is 0 Å². The van der Waals surface area contributed by atoms with Crippen molar-refractivity contribution in [1.29, 1.82) is 0 Å². The number of azide groups is 1. The molecule has 0 amide bonds. The van der Waals surface area contributed by atoms with Crippen molar-refractivity contribution in [2.45, 2.75) is 0 Å². The molecule has 0 aromatic heterocycles. The van der Waals surface area contributed by atoms with Gasteiger partial charge in [0, 0.05) is 16.5 Å². The number of phenols is 1. The third-order valence-electron chi connectivity index (χ3n) is 1.60. The average Bonchev–Trinajstić information content (AvgIpc) is 2.18. The Hall–Kier alpha value is -2.60. The molecule has 0 atom stereocenters. The van der Waals surface area contributed by atoms with Crippen LogP contribution in [-0.4, -0.2) is 16.3 Å². The quantitative estimate of drug-likeness (QED) is 0.203. The van der Waals surface area contributed by atoms with Gasteiger partial charge in [-0.2, -0.15) is 0 Å². The maximum atomic E-state index is 10.5. The number of nitrogens with zero attached hydrogens (tertiary/aromatic N) is 4. The molecule has 1 aromatic carbocycles. The van der Waals surface area contributed by atoms with E-state index in [0.717, 1.165) is 12.1 Å². The fraction of sp³-hybridized carbons (Fsp3) is 0. The molecule has 0 aliphatic heterocycles. The van der Waals surface area contributed by atoms with Crippen LogP contribution in [0.25, 0.3) is 10.4 Å². The first-order valence-electron chi connectivity index (χ1n) is 3.62. The molecule has 1 rings (SSSR count). The number of hydrogen-bond acceptors (Lipinski definition) is 5. The van der Waals surface area contributed by atoms with Gasteiger partial charge in [-0.15, -0.1) is 0 Å². The van der Waals surface area contributed by atoms with Gasteiger partial charge in [-0.1, -0.05) is 5.11 Å². The van der Waals surface area contributed by atoms with Crippen LogP contribution < -0.4 is 0 Å². The lowest BCUT2D eigenvalue weighted by molar-refractivity contribution is -0.385. The van der Waals surface area contributed by atoms with E-state index >= 15 is 0 Å². The van der Waals surface area contributed by atoms with E-state index in [2.05, 4.69) is 10.0 Å². The third kappa shape index (κ3) is 2.01. The predicted octanol–water partition coefficient (Wildman–Crippen LogP) is 2.05. The SMILES string of the molecule is [N-]=[N+]=Nc1cc(O)c([N+](=O)[O-])cc1C=O. The van der Waals surface area contributed by atoms with Crippen molar-refractivity contribution in [2.24, 2.45) is 5.11 Å². The lowest BCUT2D eigenvalue weighted by Crippen LogP contribution is -1.91. The first-order valence-corrected chi connectivity index (χ1v) is 3.62. The topological polar surface area (TPSA) is 129 Å². The Morgan fingerprint density at radius 3 is 2.73 bits per heavy atom. The molecular formula is C7H4N4O4. The standard InChI is InChI=1S/C7H4N4O4/c8-10-9-5-2-7(13)6(11(14)15)1-4(5)3-12/h1-3,13H. The largest absolute Gasteiger partial charge is 0.502 e. The van der Waals surface area contributed by atoms with Gasteiger partial charge in [0.15, 0.2) is 12.0 Å². The third-order valence-corrected chi connectivity index (χ3v) is 1.60. The van der Waals surface area contributed by atoms with E-state index in [1.165, 1.54) is 0 Å². The second kappa shape index (κ2) is 4.07. The van der Waals surface area contributed by atoms with Crippen molar-refractivity contribution in [2.75, 3.05) is 0 Å². The summed E-state index contributed by atoms with van der Waals surface area (Å²) in [5.41, 5.74) is 7.21. The Labute approximate surface area is 82.5 Å². The fourth-order valence-corrected chi connectivity index (χ4v) is 0.957. The zero-order valence-corrected chi connectivity index (χ0v) is 7.19. The van der Waals surface area contributed by atoms with Crippen molar-refractivity contribution >= 4 is 17.7 Å². The molecule has 0 aliphatic carbocycles. The summed E-state index contributed by atoms with van der Waals surface area (Å²) < 4.78 is 0. The maximum absolute atomic E-state index is 10.5. The van der Waals surface area contributed by atoms with Gasteiger partial charge in [0.05, 0.1) is 10.6 Å². The number of phenolic OH excluding ortho intramolecular Hbond substituents is 1. The number of aldehydes is 1. The van der Waals surface area contributed by atoms with Crippen molar-refractivity contribution in [1.82, 2.24) is 0 Å². The summed E-state index contributed by atoms with van der Waals surface area (Å²) in [6.45, 7) is 0. The minimum atomic E-state index is -0.845. The molecule has 0 spiro atoms. The van der Waals surface area contributed by atoms with Gasteiger partial charge in [0.2, 0.25) is 0 Å². The van der Waals surface area contributed by atoms with E-state index < -0.39 is 16.4 Å². The van der Waals surface area contributed by atoms with E-state index in [1.807, 2.05) is 0 Å². The Kier molecular flexibility index (Phi) is 2.85. The number of hydrogen-bond donors (Lipinski definition) is 1. The van der Waals surface area contributed by atoms with Crippen LogP contribution in [0.2, 0.25) is 0 Å². The number of carbonyl (C=O) groups excluding carboxylic acids is 1. The smallest absolute Gasteiger partial charge is 0.311 e. The van der Waals surface area contributed by atoms with E-state index in [-0.39, 0.29) is 11.3 Å². The second-order valence-corrected chi connectivity index (χ2v) is 2.46. The minimum absolute atomic E-state index is 0.155. The molecule has 0 saturated carbocycles. The van der Waals surface area contributed by atoms with Gasteiger partial charge >= 0.3 is 5.69 Å². The van der Waals surface area contributed by atoms with Crippen molar-refractivity contribution in [3.05, 3.63) is 38.3 Å². The summed E-state index contributed by atoms with van der Waals surface area (Å²) >= 11 is 0. The van der Waals surface area contributed by atoms with Gasteiger partial charge < -0.3 is 5.11 Å². The summed E-state index contributed by atoms with van der Waals surface area (Å²) in [6.07, 6.45) is 0.302. The molecule has 15 heavy (non-hydrogen) atoms. The first-order chi connectivity index (χ1) is 7.10. The van der Waals surface area contributed by atoms with Crippen LogP contribution >= 0.6 is 0 Å². The maximum Gasteiger partial charge on any atom is 0.311 e. The molecule has 0 heterocycles. The number of rotatable bonds is 3. The Balaban J connectivity index is 3.47. The molecule has 0 radical (unpaired) electrons. The normalized spacial score (nSPS) is 9.07. The molecule has 8 heteroatoms. The summed E-state index contributed by atoms with van der Waals surface area (Å²) in [5.74, 6) is -0.659. The Bertz CT molecular complexity index is 478. The number of aromatic hydroxyl groups is 1. The van der Waals surface area contributed by atoms with Gasteiger partial charge in [0.1, 0.15) is 0 Å². The van der Waals surface area contributed by atoms with E-state index in [0.29, 0.717) is 6.29 Å². The summed E-state index contributed by atoms with van der Waals surface area (Å²) in [5, 5.41) is 22.7. The highest BCUT2D eigenvalue weighted by atomic mass is 16.6. The highest BCUT2D eigenvalue weighted by Gasteiger charge is 2.16. The minimum Gasteiger partial charge on any atom is -0.502 e. The average molecular weight is 208 g/mol. The monoisotopic (exact) mass is 208 g/mol. The lowest BCUT2D eigenvalue weighted by atomic mass is 10.1. The summed E-state index contributed by atoms with van der Waals surface area (Å²) in [4.78, 5) is 22.5. The first kappa shape index (κ1) is 10.5. The zero-order valence-electron chi connectivity index (χ0n) is 7.19. The van der Waals surface area contributed by atoms with Gasteiger partial charge in [-0.25, -0.2) is 0 Å². The van der Waals surface area contributed by atoms with Crippen LogP contribution in [0.1, 0.15) is 10.4 Å². The second-order valence-electron chi connectivity index (χ2n) is 2.46. The molecular weight excluding hydrogens is 204 g/mol. The van der Waals surface area contributed by atoms with Crippen LogP contribution in [-0.2, 0) is 0 Å². The van der Waals surface area contributed by atoms with E-state index in [4.69, 9.17) is 10.6 Å². The van der Waals surface area contributed by atoms with E-state index in [1.54, 1.807) is 0 Å². The molecule has 0 saturated heterocycles. The number of nitro benzene ring substituents is 1. The molecule has 76 valence electrons. The molecule has 0 aliphatic rings. The van der Waals surface area contributed by atoms with Crippen LogP contribution in [0.4, 0.5) is 11.4 Å². The molecule has 1 aromatic rings. The van der Waals surface area contributed by atoms with Gasteiger partial charge in [-0.3, -0.25) is 14.9 Å². The molecule has 0 fully saturated rings. The molecule has 0 bridgehead atoms. The van der Waals surface area contributed by atoms with Crippen molar-refractivity contribution in [3.63, 3.8) is 0 Å². The fourth-order valence-electron chi connectivity index (χ4n) is 0.957. The van der Waals surface area contributed by atoms with Crippen molar-refractivity contribution in [3.8, 4) is 5.75 Å². The Morgan fingerprint density at radius 1 is 1.60 bits per heavy atom. The summed E-state index contributed by atoms with van der Waals surface area (Å²) in [7, 11) is 0. The Morgan fingerprint density at radius 2 is 2.27 bits per heavy atom. The van der Waals surface area contributed by atoms with Crippen LogP contribution in [0, 0.1) is 10.1 Å². The van der Waals surface area contributed by atoms with E-state index in [9.17, 15) is 14.9 Å². The zero-order chi connectivity index (χ0) is 11.4. The number of carbonyl (C=O) groups is 1. The molecule has 1 N–H and O–H groups in total. The molecule has 0 unspecified atom stereocenters. The molecule has 8 nitrogen and oxygen atoms in total. The van der Waals surface area contributed by atoms with Crippen molar-refractivity contribution < 1.29 is 14.8 Å². The van der Waals surface area contributed by atoms with Gasteiger partial charge in [0.25, 0.3) is 0 Å².